The summed E-state index contributed by atoms with van der Waals surface area (Å²) in [5, 5.41) is 5.03. The third-order valence-electron chi connectivity index (χ3n) is 6.36. The van der Waals surface area contributed by atoms with Crippen LogP contribution in [0.5, 0.6) is 17.2 Å². The molecule has 0 spiro atoms. The predicted octanol–water partition coefficient (Wildman–Crippen LogP) is 7.77. The highest BCUT2D eigenvalue weighted by Gasteiger charge is 2.28. The van der Waals surface area contributed by atoms with Gasteiger partial charge in [-0.15, -0.1) is 0 Å². The standard InChI is InChI=1S/C31H27Br2Cl2N3O6S/c1-19-4-8-23(9-5-19)38(45(40,41)24-10-11-28(42-2)25(32)15-24)17-30(39)37-36-16-20-12-26(33)31(29(13-20)43-3)44-18-21-6-7-22(34)14-27(21)35/h4-16H,17-18H2,1-3H3,(H,37,39)/b36-16-. The fourth-order valence-corrected chi connectivity index (χ4v) is 7.23. The molecule has 0 aliphatic carbocycles. The van der Waals surface area contributed by atoms with E-state index < -0.39 is 22.5 Å². The van der Waals surface area contributed by atoms with Crippen LogP contribution in [0, 0.1) is 6.92 Å². The van der Waals surface area contributed by atoms with E-state index in [9.17, 15) is 13.2 Å². The second kappa shape index (κ2) is 15.3. The molecule has 0 aliphatic heterocycles. The van der Waals surface area contributed by atoms with Gasteiger partial charge < -0.3 is 14.2 Å². The fraction of sp³-hybridized carbons (Fsp3) is 0.161. The predicted molar refractivity (Wildman–Crippen MR) is 184 cm³/mol. The van der Waals surface area contributed by atoms with E-state index in [0.717, 1.165) is 15.4 Å². The summed E-state index contributed by atoms with van der Waals surface area (Å²) in [6.45, 7) is 1.52. The molecule has 4 aromatic carbocycles. The molecule has 0 bridgehead atoms. The number of anilines is 1. The van der Waals surface area contributed by atoms with E-state index in [-0.39, 0.29) is 11.5 Å². The summed E-state index contributed by atoms with van der Waals surface area (Å²) in [4.78, 5) is 13.0. The quantitative estimate of drug-likeness (QED) is 0.116. The molecular formula is C31H27Br2Cl2N3O6S. The van der Waals surface area contributed by atoms with Crippen LogP contribution in [0.1, 0.15) is 16.7 Å². The van der Waals surface area contributed by atoms with Gasteiger partial charge in [0.1, 0.15) is 18.9 Å². The number of amides is 1. The third-order valence-corrected chi connectivity index (χ3v) is 9.93. The van der Waals surface area contributed by atoms with Crippen molar-refractivity contribution in [1.82, 2.24) is 5.43 Å². The average molecular weight is 800 g/mol. The van der Waals surface area contributed by atoms with Gasteiger partial charge in [0.15, 0.2) is 11.5 Å². The number of nitrogens with zero attached hydrogens (tertiary/aromatic N) is 2. The SMILES string of the molecule is COc1ccc(S(=O)(=O)N(CC(=O)N/N=C\c2cc(Br)c(OCc3ccc(Cl)cc3Cl)c(OC)c2)c2ccc(C)cc2)cc1Br. The third kappa shape index (κ3) is 8.71. The minimum Gasteiger partial charge on any atom is -0.496 e. The van der Waals surface area contributed by atoms with Crippen LogP contribution in [0.3, 0.4) is 0 Å². The van der Waals surface area contributed by atoms with Crippen molar-refractivity contribution in [3.8, 4) is 17.2 Å². The van der Waals surface area contributed by atoms with Gasteiger partial charge in [-0.05, 0) is 98.9 Å². The maximum absolute atomic E-state index is 13.7. The number of hydrogen-bond donors (Lipinski definition) is 1. The maximum atomic E-state index is 13.7. The van der Waals surface area contributed by atoms with Crippen molar-refractivity contribution in [3.05, 3.63) is 108 Å². The van der Waals surface area contributed by atoms with Gasteiger partial charge in [0.05, 0.1) is 40.0 Å². The van der Waals surface area contributed by atoms with Crippen molar-refractivity contribution >= 4 is 82.9 Å². The number of methoxy groups -OCH3 is 2. The summed E-state index contributed by atoms with van der Waals surface area (Å²) in [5.41, 5.74) is 4.97. The first-order valence-electron chi connectivity index (χ1n) is 13.1. The molecule has 0 unspecified atom stereocenters. The Morgan fingerprint density at radius 2 is 1.64 bits per heavy atom. The molecule has 0 aliphatic rings. The van der Waals surface area contributed by atoms with E-state index in [1.807, 2.05) is 6.92 Å². The largest absolute Gasteiger partial charge is 0.496 e. The van der Waals surface area contributed by atoms with Crippen molar-refractivity contribution in [3.63, 3.8) is 0 Å². The molecule has 0 saturated carbocycles. The lowest BCUT2D eigenvalue weighted by Crippen LogP contribution is -2.39. The monoisotopic (exact) mass is 797 g/mol. The Kier molecular flexibility index (Phi) is 11.8. The zero-order valence-corrected chi connectivity index (χ0v) is 29.7. The van der Waals surface area contributed by atoms with Crippen LogP contribution in [0.25, 0.3) is 0 Å². The summed E-state index contributed by atoms with van der Waals surface area (Å²) >= 11 is 19.1. The van der Waals surface area contributed by atoms with E-state index in [0.29, 0.717) is 47.5 Å². The fourth-order valence-electron chi connectivity index (χ4n) is 4.05. The molecule has 4 aromatic rings. The molecule has 9 nitrogen and oxygen atoms in total. The molecule has 0 aromatic heterocycles. The van der Waals surface area contributed by atoms with Crippen LogP contribution in [0.4, 0.5) is 5.69 Å². The van der Waals surface area contributed by atoms with Gasteiger partial charge in [-0.2, -0.15) is 5.10 Å². The van der Waals surface area contributed by atoms with Crippen LogP contribution >= 0.6 is 55.1 Å². The first kappa shape index (κ1) is 34.6. The Hall–Kier alpha value is -3.29. The number of benzene rings is 4. The lowest BCUT2D eigenvalue weighted by molar-refractivity contribution is -0.119. The smallest absolute Gasteiger partial charge is 0.264 e. The second-order valence-corrected chi connectivity index (χ2v) is 13.9. The molecule has 0 radical (unpaired) electrons. The molecule has 45 heavy (non-hydrogen) atoms. The number of carbonyl (C=O) groups excluding carboxylic acids is 1. The zero-order valence-electron chi connectivity index (χ0n) is 24.2. The van der Waals surface area contributed by atoms with Crippen LogP contribution in [0.15, 0.2) is 91.7 Å². The first-order chi connectivity index (χ1) is 21.4. The van der Waals surface area contributed by atoms with Crippen molar-refractivity contribution < 1.29 is 27.4 Å². The summed E-state index contributed by atoms with van der Waals surface area (Å²) in [6.07, 6.45) is 1.40. The number of hydrogen-bond acceptors (Lipinski definition) is 7. The minimum absolute atomic E-state index is 0.0235. The van der Waals surface area contributed by atoms with Gasteiger partial charge in [0.25, 0.3) is 15.9 Å². The molecular weight excluding hydrogens is 773 g/mol. The van der Waals surface area contributed by atoms with Crippen LogP contribution < -0.4 is 23.9 Å². The molecule has 0 saturated heterocycles. The highest BCUT2D eigenvalue weighted by atomic mass is 79.9. The highest BCUT2D eigenvalue weighted by molar-refractivity contribution is 9.11. The van der Waals surface area contributed by atoms with E-state index in [1.165, 1.54) is 38.6 Å². The van der Waals surface area contributed by atoms with Gasteiger partial charge in [-0.25, -0.2) is 13.8 Å². The van der Waals surface area contributed by atoms with Gasteiger partial charge in [-0.3, -0.25) is 9.10 Å². The summed E-state index contributed by atoms with van der Waals surface area (Å²) in [5.74, 6) is 0.656. The molecule has 236 valence electrons. The number of ether oxygens (including phenoxy) is 3. The number of carbonyl (C=O) groups is 1. The summed E-state index contributed by atoms with van der Waals surface area (Å²) in [7, 11) is -1.18. The minimum atomic E-state index is -4.15. The van der Waals surface area contributed by atoms with Crippen LogP contribution in [-0.4, -0.2) is 41.3 Å². The molecule has 1 N–H and O–H groups in total. The molecule has 0 atom stereocenters. The lowest BCUT2D eigenvalue weighted by atomic mass is 10.2. The number of rotatable bonds is 12. The van der Waals surface area contributed by atoms with Crippen molar-refractivity contribution in [1.29, 1.82) is 0 Å². The average Bonchev–Trinajstić information content (AvgIpc) is 3.00. The Balaban J connectivity index is 1.50. The van der Waals surface area contributed by atoms with Gasteiger partial charge in [0, 0.05) is 15.6 Å². The molecule has 14 heteroatoms. The van der Waals surface area contributed by atoms with E-state index in [4.69, 9.17) is 37.4 Å². The molecule has 0 heterocycles. The van der Waals surface area contributed by atoms with Crippen molar-refractivity contribution in [2.75, 3.05) is 25.1 Å². The Morgan fingerprint density at radius 3 is 2.29 bits per heavy atom. The van der Waals surface area contributed by atoms with Gasteiger partial charge in [-0.1, -0.05) is 47.0 Å². The molecule has 1 amide bonds. The van der Waals surface area contributed by atoms with Crippen molar-refractivity contribution in [2.45, 2.75) is 18.4 Å². The molecule has 0 fully saturated rings. The number of hydrazone groups is 1. The van der Waals surface area contributed by atoms with Gasteiger partial charge in [0.2, 0.25) is 0 Å². The number of nitrogens with one attached hydrogen (secondary N) is 1. The van der Waals surface area contributed by atoms with Crippen molar-refractivity contribution in [2.24, 2.45) is 5.10 Å². The number of sulfonamides is 1. The Bertz CT molecular complexity index is 1840. The highest BCUT2D eigenvalue weighted by Crippen LogP contribution is 2.37. The van der Waals surface area contributed by atoms with E-state index in [2.05, 4.69) is 42.4 Å². The first-order valence-corrected chi connectivity index (χ1v) is 16.9. The van der Waals surface area contributed by atoms with E-state index in [1.54, 1.807) is 54.6 Å². The Morgan fingerprint density at radius 1 is 0.933 bits per heavy atom. The Labute approximate surface area is 288 Å². The maximum Gasteiger partial charge on any atom is 0.264 e. The van der Waals surface area contributed by atoms with Crippen LogP contribution in [-0.2, 0) is 21.4 Å². The normalized spacial score (nSPS) is 11.4. The van der Waals surface area contributed by atoms with Gasteiger partial charge >= 0.3 is 0 Å². The number of aryl methyl sites for hydroxylation is 1. The summed E-state index contributed by atoms with van der Waals surface area (Å²) in [6, 6.07) is 19.7. The topological polar surface area (TPSA) is 107 Å². The number of halogens is 4. The lowest BCUT2D eigenvalue weighted by Gasteiger charge is -2.24. The summed E-state index contributed by atoms with van der Waals surface area (Å²) < 4.78 is 46.2. The zero-order chi connectivity index (χ0) is 32.7. The molecule has 4 rings (SSSR count). The van der Waals surface area contributed by atoms with E-state index >= 15 is 0 Å². The second-order valence-electron chi connectivity index (χ2n) is 9.50. The van der Waals surface area contributed by atoms with Crippen LogP contribution in [0.2, 0.25) is 10.0 Å².